The summed E-state index contributed by atoms with van der Waals surface area (Å²) in [5, 5.41) is 0. The Morgan fingerprint density at radius 2 is 1.75 bits per heavy atom. The van der Waals surface area contributed by atoms with E-state index in [2.05, 4.69) is 32.6 Å². The molecule has 96 valence electrons. The third-order valence-corrected chi connectivity index (χ3v) is 4.80. The van der Waals surface area contributed by atoms with Crippen LogP contribution in [-0.4, -0.2) is 24.5 Å². The number of hydrogen-bond donors (Lipinski definition) is 0. The second-order valence-corrected chi connectivity index (χ2v) is 6.02. The summed E-state index contributed by atoms with van der Waals surface area (Å²) >= 11 is 0. The number of hydrogen-bond acceptors (Lipinski definition) is 1. The molecule has 0 aromatic rings. The van der Waals surface area contributed by atoms with Crippen LogP contribution in [0.3, 0.4) is 0 Å². The predicted molar refractivity (Wildman–Crippen MR) is 72.8 cm³/mol. The summed E-state index contributed by atoms with van der Waals surface area (Å²) in [5.41, 5.74) is 0.562. The average Bonchev–Trinajstić information content (AvgIpc) is 2.30. The summed E-state index contributed by atoms with van der Waals surface area (Å²) in [6.07, 6.45) is 8.33. The molecule has 0 bridgehead atoms. The first-order valence-corrected chi connectivity index (χ1v) is 7.34. The van der Waals surface area contributed by atoms with E-state index in [1.165, 1.54) is 58.2 Å². The van der Waals surface area contributed by atoms with Gasteiger partial charge in [0.05, 0.1) is 0 Å². The minimum atomic E-state index is 0.562. The lowest BCUT2D eigenvalue weighted by Gasteiger charge is -2.39. The van der Waals surface area contributed by atoms with Gasteiger partial charge in [0, 0.05) is 6.54 Å². The molecule has 1 aliphatic heterocycles. The molecule has 1 saturated heterocycles. The minimum absolute atomic E-state index is 0.562. The number of nitrogens with zero attached hydrogens (tertiary/aromatic N) is 1. The first-order valence-electron chi connectivity index (χ1n) is 7.34. The van der Waals surface area contributed by atoms with Crippen LogP contribution in [0.25, 0.3) is 0 Å². The van der Waals surface area contributed by atoms with Crippen LogP contribution in [0.4, 0.5) is 0 Å². The van der Waals surface area contributed by atoms with Crippen molar-refractivity contribution in [2.45, 2.75) is 66.2 Å². The summed E-state index contributed by atoms with van der Waals surface area (Å²) in [5.74, 6) is 0.843. The highest BCUT2D eigenvalue weighted by Gasteiger charge is 2.29. The molecule has 1 heterocycles. The van der Waals surface area contributed by atoms with Crippen LogP contribution in [0.2, 0.25) is 0 Å². The number of piperidine rings is 1. The molecule has 1 fully saturated rings. The molecule has 0 saturated carbocycles. The van der Waals surface area contributed by atoms with Gasteiger partial charge in [-0.3, -0.25) is 0 Å². The van der Waals surface area contributed by atoms with E-state index in [-0.39, 0.29) is 0 Å². The van der Waals surface area contributed by atoms with Crippen molar-refractivity contribution in [2.75, 3.05) is 19.6 Å². The molecule has 16 heavy (non-hydrogen) atoms. The molecule has 2 atom stereocenters. The minimum Gasteiger partial charge on any atom is -0.303 e. The molecule has 0 radical (unpaired) electrons. The Balaban J connectivity index is 2.44. The summed E-state index contributed by atoms with van der Waals surface area (Å²) in [6.45, 7) is 13.7. The largest absolute Gasteiger partial charge is 0.303 e. The summed E-state index contributed by atoms with van der Waals surface area (Å²) < 4.78 is 0. The van der Waals surface area contributed by atoms with Crippen LogP contribution in [0.1, 0.15) is 66.2 Å². The van der Waals surface area contributed by atoms with Gasteiger partial charge in [-0.1, -0.05) is 47.0 Å². The Bertz CT molecular complexity index is 184. The van der Waals surface area contributed by atoms with Crippen LogP contribution in [0.15, 0.2) is 0 Å². The van der Waals surface area contributed by atoms with Crippen LogP contribution in [0, 0.1) is 11.3 Å². The van der Waals surface area contributed by atoms with Gasteiger partial charge in [-0.2, -0.15) is 0 Å². The molecule has 0 spiro atoms. The van der Waals surface area contributed by atoms with Crippen molar-refractivity contribution in [1.29, 1.82) is 0 Å². The lowest BCUT2D eigenvalue weighted by Crippen LogP contribution is -2.39. The molecule has 1 heteroatoms. The van der Waals surface area contributed by atoms with Crippen molar-refractivity contribution in [2.24, 2.45) is 11.3 Å². The smallest absolute Gasteiger partial charge is 0.00122 e. The Morgan fingerprint density at radius 1 is 1.12 bits per heavy atom. The molecular formula is C15H31N. The van der Waals surface area contributed by atoms with E-state index < -0.39 is 0 Å². The van der Waals surface area contributed by atoms with Gasteiger partial charge in [-0.05, 0) is 43.7 Å². The van der Waals surface area contributed by atoms with Crippen LogP contribution < -0.4 is 0 Å². The van der Waals surface area contributed by atoms with Crippen molar-refractivity contribution >= 4 is 0 Å². The van der Waals surface area contributed by atoms with Gasteiger partial charge in [-0.15, -0.1) is 0 Å². The van der Waals surface area contributed by atoms with Gasteiger partial charge >= 0.3 is 0 Å². The van der Waals surface area contributed by atoms with Crippen molar-refractivity contribution in [3.8, 4) is 0 Å². The third kappa shape index (κ3) is 3.76. The third-order valence-electron chi connectivity index (χ3n) is 4.80. The summed E-state index contributed by atoms with van der Waals surface area (Å²) in [6, 6.07) is 0. The Hall–Kier alpha value is -0.0400. The van der Waals surface area contributed by atoms with E-state index in [0.717, 1.165) is 5.92 Å². The fourth-order valence-corrected chi connectivity index (χ4v) is 3.09. The van der Waals surface area contributed by atoms with Gasteiger partial charge < -0.3 is 4.90 Å². The van der Waals surface area contributed by atoms with Gasteiger partial charge in [0.1, 0.15) is 0 Å². The van der Waals surface area contributed by atoms with E-state index >= 15 is 0 Å². The molecule has 0 N–H and O–H groups in total. The van der Waals surface area contributed by atoms with Gasteiger partial charge in [0.2, 0.25) is 0 Å². The number of rotatable bonds is 6. The highest BCUT2D eigenvalue weighted by atomic mass is 15.1. The first kappa shape index (κ1) is 14.0. The molecule has 0 aromatic heterocycles. The zero-order chi connectivity index (χ0) is 12.0. The molecule has 1 nitrogen and oxygen atoms in total. The van der Waals surface area contributed by atoms with Crippen molar-refractivity contribution in [3.63, 3.8) is 0 Å². The highest BCUT2D eigenvalue weighted by molar-refractivity contribution is 4.81. The molecule has 2 unspecified atom stereocenters. The quantitative estimate of drug-likeness (QED) is 0.650. The Kier molecular flexibility index (Phi) is 5.82. The van der Waals surface area contributed by atoms with Gasteiger partial charge in [-0.25, -0.2) is 0 Å². The number of likely N-dealkylation sites (tertiary alicyclic amines) is 1. The molecular weight excluding hydrogens is 194 g/mol. The van der Waals surface area contributed by atoms with Crippen LogP contribution in [-0.2, 0) is 0 Å². The molecule has 1 aliphatic rings. The Morgan fingerprint density at radius 3 is 2.25 bits per heavy atom. The predicted octanol–water partition coefficient (Wildman–Crippen LogP) is 4.32. The van der Waals surface area contributed by atoms with E-state index in [1.54, 1.807) is 0 Å². The molecule has 0 aromatic carbocycles. The fraction of sp³-hybridized carbons (Fsp3) is 1.00. The van der Waals surface area contributed by atoms with Crippen LogP contribution in [0.5, 0.6) is 0 Å². The summed E-state index contributed by atoms with van der Waals surface area (Å²) in [4.78, 5) is 2.69. The van der Waals surface area contributed by atoms with Crippen molar-refractivity contribution in [1.82, 2.24) is 4.90 Å². The normalized spacial score (nSPS) is 24.0. The van der Waals surface area contributed by atoms with Crippen molar-refractivity contribution in [3.05, 3.63) is 0 Å². The van der Waals surface area contributed by atoms with Crippen molar-refractivity contribution < 1.29 is 0 Å². The fourth-order valence-electron chi connectivity index (χ4n) is 3.09. The van der Waals surface area contributed by atoms with E-state index in [1.807, 2.05) is 0 Å². The first-order chi connectivity index (χ1) is 7.62. The Labute approximate surface area is 103 Å². The monoisotopic (exact) mass is 225 g/mol. The maximum atomic E-state index is 2.69. The SMILES string of the molecule is CCCC(C)(CC)C(C)CN1CCCCC1. The van der Waals surface area contributed by atoms with Gasteiger partial charge in [0.15, 0.2) is 0 Å². The van der Waals surface area contributed by atoms with Gasteiger partial charge in [0.25, 0.3) is 0 Å². The van der Waals surface area contributed by atoms with E-state index in [4.69, 9.17) is 0 Å². The molecule has 1 rings (SSSR count). The maximum Gasteiger partial charge on any atom is 0.00122 e. The highest BCUT2D eigenvalue weighted by Crippen LogP contribution is 2.36. The summed E-state index contributed by atoms with van der Waals surface area (Å²) in [7, 11) is 0. The lowest BCUT2D eigenvalue weighted by molar-refractivity contribution is 0.106. The zero-order valence-electron chi connectivity index (χ0n) is 11.9. The second kappa shape index (κ2) is 6.64. The lowest BCUT2D eigenvalue weighted by atomic mass is 9.72. The zero-order valence-corrected chi connectivity index (χ0v) is 11.9. The standard InChI is InChI=1S/C15H31N/c1-5-10-15(4,6-2)14(3)13-16-11-8-7-9-12-16/h14H,5-13H2,1-4H3. The van der Waals surface area contributed by atoms with E-state index in [9.17, 15) is 0 Å². The topological polar surface area (TPSA) is 3.24 Å². The molecule has 0 amide bonds. The second-order valence-electron chi connectivity index (χ2n) is 6.02. The maximum absolute atomic E-state index is 2.69. The molecule has 0 aliphatic carbocycles. The van der Waals surface area contributed by atoms with E-state index in [0.29, 0.717) is 5.41 Å². The van der Waals surface area contributed by atoms with Crippen LogP contribution >= 0.6 is 0 Å². The average molecular weight is 225 g/mol.